The Balaban J connectivity index is 4.09. The summed E-state index contributed by atoms with van der Waals surface area (Å²) in [5, 5.41) is 21.4. The van der Waals surface area contributed by atoms with Crippen LogP contribution >= 0.6 is 0 Å². The molecular formula is C11H23NO3. The fourth-order valence-electron chi connectivity index (χ4n) is 1.55. The van der Waals surface area contributed by atoms with Crippen molar-refractivity contribution in [2.24, 2.45) is 5.92 Å². The Morgan fingerprint density at radius 2 is 1.80 bits per heavy atom. The van der Waals surface area contributed by atoms with Crippen LogP contribution < -0.4 is 5.32 Å². The second-order valence-corrected chi connectivity index (χ2v) is 4.06. The first-order valence-electron chi connectivity index (χ1n) is 5.69. The van der Waals surface area contributed by atoms with Gasteiger partial charge in [0.25, 0.3) is 0 Å². The fourth-order valence-corrected chi connectivity index (χ4v) is 1.55. The molecule has 0 saturated heterocycles. The molecule has 0 aromatic rings. The Hall–Kier alpha value is -0.610. The molecule has 3 atom stereocenters. The molecule has 0 aromatic carbocycles. The second kappa shape index (κ2) is 7.65. The molecule has 0 aliphatic carbocycles. The van der Waals surface area contributed by atoms with Crippen molar-refractivity contribution >= 4 is 5.97 Å². The topological polar surface area (TPSA) is 69.6 Å². The number of aliphatic hydroxyl groups excluding tert-OH is 1. The molecule has 15 heavy (non-hydrogen) atoms. The molecular weight excluding hydrogens is 194 g/mol. The maximum Gasteiger partial charge on any atom is 0.320 e. The highest BCUT2D eigenvalue weighted by Crippen LogP contribution is 2.10. The van der Waals surface area contributed by atoms with Crippen molar-refractivity contribution in [3.8, 4) is 0 Å². The Morgan fingerprint density at radius 1 is 1.27 bits per heavy atom. The summed E-state index contributed by atoms with van der Waals surface area (Å²) in [6, 6.07) is -0.635. The molecule has 0 rings (SSSR count). The lowest BCUT2D eigenvalue weighted by molar-refractivity contribution is -0.141. The van der Waals surface area contributed by atoms with Crippen molar-refractivity contribution in [3.05, 3.63) is 0 Å². The van der Waals surface area contributed by atoms with E-state index in [1.807, 2.05) is 20.8 Å². The molecule has 0 aliphatic rings. The van der Waals surface area contributed by atoms with Crippen LogP contribution in [0.2, 0.25) is 0 Å². The lowest BCUT2D eigenvalue weighted by Crippen LogP contribution is -2.46. The number of aliphatic carboxylic acids is 1. The molecule has 0 radical (unpaired) electrons. The zero-order valence-electron chi connectivity index (χ0n) is 9.86. The van der Waals surface area contributed by atoms with Gasteiger partial charge in [0.05, 0.1) is 0 Å². The lowest BCUT2D eigenvalue weighted by atomic mass is 10.0. The van der Waals surface area contributed by atoms with E-state index in [-0.39, 0.29) is 5.92 Å². The monoisotopic (exact) mass is 217 g/mol. The van der Waals surface area contributed by atoms with Crippen molar-refractivity contribution < 1.29 is 15.0 Å². The Labute approximate surface area is 91.7 Å². The number of hydrogen-bond donors (Lipinski definition) is 3. The third kappa shape index (κ3) is 5.74. The number of hydrogen-bond acceptors (Lipinski definition) is 3. The van der Waals surface area contributed by atoms with Crippen LogP contribution in [0.15, 0.2) is 0 Å². The van der Waals surface area contributed by atoms with Crippen LogP contribution in [0.1, 0.15) is 46.5 Å². The minimum Gasteiger partial charge on any atom is -0.480 e. The molecule has 0 fully saturated rings. The van der Waals surface area contributed by atoms with Gasteiger partial charge in [-0.05, 0) is 18.8 Å². The average Bonchev–Trinajstić information content (AvgIpc) is 2.17. The van der Waals surface area contributed by atoms with Gasteiger partial charge in [0.15, 0.2) is 0 Å². The second-order valence-electron chi connectivity index (χ2n) is 4.06. The van der Waals surface area contributed by atoms with Crippen molar-refractivity contribution in [1.29, 1.82) is 0 Å². The van der Waals surface area contributed by atoms with Crippen LogP contribution in [-0.4, -0.2) is 28.5 Å². The van der Waals surface area contributed by atoms with E-state index in [9.17, 15) is 9.90 Å². The summed E-state index contributed by atoms with van der Waals surface area (Å²) in [7, 11) is 0. The SMILES string of the molecule is CCC[C@H](N[C@H](O)[C@@H](C)CCC)C(=O)O. The molecule has 0 aromatic heterocycles. The van der Waals surface area contributed by atoms with Gasteiger partial charge in [-0.25, -0.2) is 0 Å². The molecule has 0 saturated carbocycles. The molecule has 0 spiro atoms. The predicted octanol–water partition coefficient (Wildman–Crippen LogP) is 1.58. The van der Waals surface area contributed by atoms with Crippen LogP contribution in [-0.2, 0) is 4.79 Å². The highest BCUT2D eigenvalue weighted by Gasteiger charge is 2.22. The van der Waals surface area contributed by atoms with Crippen LogP contribution in [0.3, 0.4) is 0 Å². The lowest BCUT2D eigenvalue weighted by Gasteiger charge is -2.23. The molecule has 3 N–H and O–H groups in total. The van der Waals surface area contributed by atoms with E-state index in [0.29, 0.717) is 6.42 Å². The van der Waals surface area contributed by atoms with Gasteiger partial charge in [-0.15, -0.1) is 0 Å². The number of rotatable bonds is 8. The van der Waals surface area contributed by atoms with Gasteiger partial charge in [-0.1, -0.05) is 33.6 Å². The minimum absolute atomic E-state index is 0.0914. The maximum atomic E-state index is 10.8. The first-order valence-corrected chi connectivity index (χ1v) is 5.69. The van der Waals surface area contributed by atoms with E-state index in [2.05, 4.69) is 5.32 Å². The van der Waals surface area contributed by atoms with Crippen LogP contribution in [0.4, 0.5) is 0 Å². The van der Waals surface area contributed by atoms with E-state index in [4.69, 9.17) is 5.11 Å². The first kappa shape index (κ1) is 14.4. The van der Waals surface area contributed by atoms with E-state index in [1.165, 1.54) is 0 Å². The summed E-state index contributed by atoms with van der Waals surface area (Å²) in [6.07, 6.45) is 2.50. The standard InChI is InChI=1S/C11H23NO3/c1-4-6-8(3)10(13)12-9(7-5-2)11(14)15/h8-10,12-13H,4-7H2,1-3H3,(H,14,15)/t8-,9-,10+/m0/s1. The summed E-state index contributed by atoms with van der Waals surface area (Å²) in [6.45, 7) is 5.90. The summed E-state index contributed by atoms with van der Waals surface area (Å²) >= 11 is 0. The van der Waals surface area contributed by atoms with Gasteiger partial charge in [-0.3, -0.25) is 10.1 Å². The van der Waals surface area contributed by atoms with Crippen molar-refractivity contribution in [1.82, 2.24) is 5.32 Å². The summed E-state index contributed by atoms with van der Waals surface area (Å²) < 4.78 is 0. The quantitative estimate of drug-likeness (QED) is 0.540. The molecule has 0 unspecified atom stereocenters. The van der Waals surface area contributed by atoms with E-state index >= 15 is 0 Å². The highest BCUT2D eigenvalue weighted by molar-refractivity contribution is 5.73. The highest BCUT2D eigenvalue weighted by atomic mass is 16.4. The normalized spacial score (nSPS) is 17.1. The van der Waals surface area contributed by atoms with Gasteiger partial charge in [0, 0.05) is 0 Å². The number of carboxylic acid groups (broad SMARTS) is 1. The molecule has 0 aliphatic heterocycles. The Morgan fingerprint density at radius 3 is 2.20 bits per heavy atom. The van der Waals surface area contributed by atoms with Gasteiger partial charge in [0.2, 0.25) is 0 Å². The number of carboxylic acids is 1. The van der Waals surface area contributed by atoms with Gasteiger partial charge < -0.3 is 10.2 Å². The van der Waals surface area contributed by atoms with E-state index < -0.39 is 18.2 Å². The summed E-state index contributed by atoms with van der Waals surface area (Å²) in [4.78, 5) is 10.8. The van der Waals surface area contributed by atoms with E-state index in [1.54, 1.807) is 0 Å². The summed E-state index contributed by atoms with van der Waals surface area (Å²) in [5.74, 6) is -0.798. The van der Waals surface area contributed by atoms with Gasteiger partial charge in [-0.2, -0.15) is 0 Å². The smallest absolute Gasteiger partial charge is 0.320 e. The van der Waals surface area contributed by atoms with Crippen molar-refractivity contribution in [2.45, 2.75) is 58.7 Å². The summed E-state index contributed by atoms with van der Waals surface area (Å²) in [5.41, 5.74) is 0. The van der Waals surface area contributed by atoms with Gasteiger partial charge in [0.1, 0.15) is 12.3 Å². The largest absolute Gasteiger partial charge is 0.480 e. The zero-order valence-corrected chi connectivity index (χ0v) is 9.86. The Kier molecular flexibility index (Phi) is 7.34. The van der Waals surface area contributed by atoms with Crippen LogP contribution in [0.25, 0.3) is 0 Å². The number of carbonyl (C=O) groups is 1. The first-order chi connectivity index (χ1) is 7.02. The molecule has 0 amide bonds. The third-order valence-electron chi connectivity index (χ3n) is 2.53. The van der Waals surface area contributed by atoms with Gasteiger partial charge >= 0.3 is 5.97 Å². The molecule has 90 valence electrons. The fraction of sp³-hybridized carbons (Fsp3) is 0.909. The number of nitrogens with one attached hydrogen (secondary N) is 1. The van der Waals surface area contributed by atoms with Crippen LogP contribution in [0.5, 0.6) is 0 Å². The maximum absolute atomic E-state index is 10.8. The van der Waals surface area contributed by atoms with Crippen LogP contribution in [0, 0.1) is 5.92 Å². The Bertz CT molecular complexity index is 185. The molecule has 0 bridgehead atoms. The average molecular weight is 217 g/mol. The predicted molar refractivity (Wildman–Crippen MR) is 59.5 cm³/mol. The molecule has 4 nitrogen and oxygen atoms in total. The van der Waals surface area contributed by atoms with Crippen molar-refractivity contribution in [3.63, 3.8) is 0 Å². The molecule has 4 heteroatoms. The third-order valence-corrected chi connectivity index (χ3v) is 2.53. The number of aliphatic hydroxyl groups is 1. The zero-order chi connectivity index (χ0) is 11.8. The van der Waals surface area contributed by atoms with E-state index in [0.717, 1.165) is 19.3 Å². The van der Waals surface area contributed by atoms with Crippen molar-refractivity contribution in [2.75, 3.05) is 0 Å². The minimum atomic E-state index is -0.889. The molecule has 0 heterocycles.